The third-order valence-electron chi connectivity index (χ3n) is 2.56. The zero-order valence-corrected chi connectivity index (χ0v) is 12.7. The molecule has 0 N–H and O–H groups in total. The number of hydrogen-bond acceptors (Lipinski definition) is 3. The molecular formula is C14H15OPS2. The van der Waals surface area contributed by atoms with Gasteiger partial charge < -0.3 is 4.52 Å². The fourth-order valence-electron chi connectivity index (χ4n) is 1.58. The van der Waals surface area contributed by atoms with E-state index in [4.69, 9.17) is 16.3 Å². The minimum atomic E-state index is -1.97. The van der Waals surface area contributed by atoms with Crippen molar-refractivity contribution < 1.29 is 4.52 Å². The fraction of sp³-hybridized carbons (Fsp3) is 0.143. The lowest BCUT2D eigenvalue weighted by Crippen LogP contribution is -2.02. The number of hydrogen-bond donors (Lipinski definition) is 0. The second-order valence-corrected chi connectivity index (χ2v) is 10.8. The molecule has 0 bridgehead atoms. The van der Waals surface area contributed by atoms with Crippen molar-refractivity contribution in [3.63, 3.8) is 0 Å². The first-order chi connectivity index (χ1) is 8.74. The average Bonchev–Trinajstić information content (AvgIpc) is 2.47. The van der Waals surface area contributed by atoms with Gasteiger partial charge in [-0.25, -0.2) is 0 Å². The largest absolute Gasteiger partial charge is 0.341 e. The molecule has 0 fully saturated rings. The molecule has 0 aliphatic rings. The van der Waals surface area contributed by atoms with Gasteiger partial charge in [0.05, 0.1) is 0 Å². The Morgan fingerprint density at radius 1 is 1.00 bits per heavy atom. The number of rotatable bonds is 5. The highest BCUT2D eigenvalue weighted by Gasteiger charge is 2.19. The smallest absolute Gasteiger partial charge is 0.148 e. The first-order valence-corrected chi connectivity index (χ1v) is 9.95. The van der Waals surface area contributed by atoms with Gasteiger partial charge in [-0.2, -0.15) is 0 Å². The molecule has 1 unspecified atom stereocenters. The van der Waals surface area contributed by atoms with E-state index in [1.165, 1.54) is 5.56 Å². The summed E-state index contributed by atoms with van der Waals surface area (Å²) >= 11 is 7.45. The molecule has 4 heteroatoms. The molecule has 2 aromatic rings. The molecule has 0 radical (unpaired) electrons. The Morgan fingerprint density at radius 3 is 2.11 bits per heavy atom. The van der Waals surface area contributed by atoms with Crippen LogP contribution in [0.25, 0.3) is 0 Å². The van der Waals surface area contributed by atoms with Crippen LogP contribution in [0.5, 0.6) is 0 Å². The average molecular weight is 294 g/mol. The molecule has 2 rings (SSSR count). The normalized spacial score (nSPS) is 14.1. The maximum atomic E-state index is 5.72. The Hall–Kier alpha value is -0.600. The zero-order valence-electron chi connectivity index (χ0n) is 10.2. The van der Waals surface area contributed by atoms with Gasteiger partial charge in [0.2, 0.25) is 0 Å². The summed E-state index contributed by atoms with van der Waals surface area (Å²) in [4.78, 5) is 0. The summed E-state index contributed by atoms with van der Waals surface area (Å²) in [6.45, 7) is 0. The van der Waals surface area contributed by atoms with E-state index in [-0.39, 0.29) is 0 Å². The molecule has 18 heavy (non-hydrogen) atoms. The molecule has 0 saturated carbocycles. The summed E-state index contributed by atoms with van der Waals surface area (Å²) in [5, 5.41) is 1.13. The molecule has 0 amide bonds. The monoisotopic (exact) mass is 294 g/mol. The molecule has 0 aliphatic carbocycles. The molecule has 0 aliphatic heterocycles. The minimum Gasteiger partial charge on any atom is -0.341 e. The maximum absolute atomic E-state index is 5.72. The lowest BCUT2D eigenvalue weighted by atomic mass is 10.2. The van der Waals surface area contributed by atoms with Crippen LogP contribution in [0, 0.1) is 0 Å². The predicted molar refractivity (Wildman–Crippen MR) is 85.1 cm³/mol. The van der Waals surface area contributed by atoms with Gasteiger partial charge in [-0.3, -0.25) is 0 Å². The van der Waals surface area contributed by atoms with E-state index in [1.54, 1.807) is 18.5 Å². The predicted octanol–water partition coefficient (Wildman–Crippen LogP) is 4.20. The lowest BCUT2D eigenvalue weighted by Gasteiger charge is -2.19. The van der Waals surface area contributed by atoms with Crippen molar-refractivity contribution >= 4 is 34.0 Å². The third-order valence-corrected chi connectivity index (χ3v) is 9.29. The highest BCUT2D eigenvalue weighted by atomic mass is 32.9. The molecule has 1 atom stereocenters. The van der Waals surface area contributed by atoms with Gasteiger partial charge in [-0.05, 0) is 5.56 Å². The van der Waals surface area contributed by atoms with Crippen LogP contribution in [-0.2, 0) is 22.1 Å². The summed E-state index contributed by atoms with van der Waals surface area (Å²) in [7, 11) is 1.71. The van der Waals surface area contributed by atoms with Crippen LogP contribution in [0.4, 0.5) is 0 Å². The molecule has 2 aromatic carbocycles. The summed E-state index contributed by atoms with van der Waals surface area (Å²) in [6.07, 6.45) is 0. The van der Waals surface area contributed by atoms with Crippen LogP contribution in [-0.4, -0.2) is 7.11 Å². The van der Waals surface area contributed by atoms with E-state index in [0.29, 0.717) is 0 Å². The van der Waals surface area contributed by atoms with E-state index in [9.17, 15) is 0 Å². The molecule has 94 valence electrons. The Kier molecular flexibility index (Phi) is 5.02. The van der Waals surface area contributed by atoms with Crippen LogP contribution in [0.15, 0.2) is 60.7 Å². The summed E-state index contributed by atoms with van der Waals surface area (Å²) in [6, 6.07) is 20.5. The summed E-state index contributed by atoms with van der Waals surface area (Å²) < 4.78 is 5.63. The van der Waals surface area contributed by atoms with Crippen molar-refractivity contribution in [2.24, 2.45) is 0 Å². The lowest BCUT2D eigenvalue weighted by molar-refractivity contribution is 0.476. The van der Waals surface area contributed by atoms with Gasteiger partial charge in [0.15, 0.2) is 0 Å². The van der Waals surface area contributed by atoms with Crippen molar-refractivity contribution in [2.45, 2.75) is 5.75 Å². The molecule has 0 heterocycles. The Bertz CT molecular complexity index is 528. The van der Waals surface area contributed by atoms with Crippen LogP contribution in [0.2, 0.25) is 0 Å². The summed E-state index contributed by atoms with van der Waals surface area (Å²) in [5.74, 6) is 0.890. The Morgan fingerprint density at radius 2 is 1.56 bits per heavy atom. The van der Waals surface area contributed by atoms with E-state index in [1.807, 2.05) is 24.3 Å². The first-order valence-electron chi connectivity index (χ1n) is 5.64. The van der Waals surface area contributed by atoms with Crippen molar-refractivity contribution in [2.75, 3.05) is 7.11 Å². The minimum absolute atomic E-state index is 0.890. The highest BCUT2D eigenvalue weighted by Crippen LogP contribution is 2.59. The van der Waals surface area contributed by atoms with Crippen LogP contribution >= 0.6 is 16.8 Å². The maximum Gasteiger partial charge on any atom is 0.148 e. The fourth-order valence-corrected chi connectivity index (χ4v) is 6.02. The topological polar surface area (TPSA) is 9.23 Å². The van der Waals surface area contributed by atoms with E-state index < -0.39 is 5.47 Å². The van der Waals surface area contributed by atoms with Crippen LogP contribution in [0.1, 0.15) is 5.56 Å². The number of benzene rings is 2. The van der Waals surface area contributed by atoms with Crippen molar-refractivity contribution in [1.29, 1.82) is 0 Å². The quantitative estimate of drug-likeness (QED) is 0.765. The third kappa shape index (κ3) is 3.46. The van der Waals surface area contributed by atoms with Gasteiger partial charge in [-0.15, -0.1) is 0 Å². The first kappa shape index (κ1) is 13.8. The summed E-state index contributed by atoms with van der Waals surface area (Å²) in [5.41, 5.74) is -0.686. The van der Waals surface area contributed by atoms with Gasteiger partial charge in [-0.1, -0.05) is 83.9 Å². The second-order valence-electron chi connectivity index (χ2n) is 3.77. The zero-order chi connectivity index (χ0) is 12.8. The van der Waals surface area contributed by atoms with Crippen molar-refractivity contribution in [1.82, 2.24) is 0 Å². The van der Waals surface area contributed by atoms with Gasteiger partial charge >= 0.3 is 0 Å². The molecule has 0 aromatic heterocycles. The van der Waals surface area contributed by atoms with Gasteiger partial charge in [0.25, 0.3) is 0 Å². The van der Waals surface area contributed by atoms with Gasteiger partial charge in [0.1, 0.15) is 5.47 Å². The van der Waals surface area contributed by atoms with Crippen LogP contribution < -0.4 is 5.30 Å². The molecular weight excluding hydrogens is 279 g/mol. The van der Waals surface area contributed by atoms with Gasteiger partial charge in [0, 0.05) is 18.2 Å². The van der Waals surface area contributed by atoms with E-state index in [0.717, 1.165) is 11.1 Å². The second kappa shape index (κ2) is 6.53. The van der Waals surface area contributed by atoms with Crippen molar-refractivity contribution in [3.8, 4) is 0 Å². The Labute approximate surface area is 117 Å². The molecule has 1 nitrogen and oxygen atoms in total. The van der Waals surface area contributed by atoms with E-state index in [2.05, 4.69) is 36.4 Å². The van der Waals surface area contributed by atoms with Crippen LogP contribution in [0.3, 0.4) is 0 Å². The SMILES string of the molecule is COP(=S)(SCc1ccccc1)c1ccccc1. The van der Waals surface area contributed by atoms with Crippen molar-refractivity contribution in [3.05, 3.63) is 66.2 Å². The van der Waals surface area contributed by atoms with E-state index >= 15 is 0 Å². The Balaban J connectivity index is 2.12. The molecule has 0 saturated heterocycles. The highest BCUT2D eigenvalue weighted by molar-refractivity contribution is 8.71. The molecule has 0 spiro atoms. The standard InChI is InChI=1S/C14H15OPS2/c1-15-16(17,14-10-6-3-7-11-14)18-12-13-8-4-2-5-9-13/h2-11H,12H2,1H3.